The molecule has 0 unspecified atom stereocenters. The smallest absolute Gasteiger partial charge is 0.323 e. The Kier molecular flexibility index (Phi) is 7.34. The molecule has 2 aromatic carbocycles. The topological polar surface area (TPSA) is 93.6 Å². The second-order valence-corrected chi connectivity index (χ2v) is 6.79. The number of benzene rings is 2. The van der Waals surface area contributed by atoms with Crippen molar-refractivity contribution in [2.45, 2.75) is 6.61 Å². The van der Waals surface area contributed by atoms with Gasteiger partial charge in [-0.3, -0.25) is 0 Å². The first-order valence-corrected chi connectivity index (χ1v) is 8.80. The van der Waals surface area contributed by atoms with E-state index in [0.717, 1.165) is 10.2 Å². The number of carbonyl (C=O) groups is 1. The Labute approximate surface area is 163 Å². The van der Waals surface area contributed by atoms with Gasteiger partial charge in [-0.15, -0.1) is 0 Å². The maximum Gasteiger partial charge on any atom is 0.323 e. The van der Waals surface area contributed by atoms with Crippen LogP contribution in [0.5, 0.6) is 0 Å². The van der Waals surface area contributed by atoms with Gasteiger partial charge in [-0.2, -0.15) is 0 Å². The summed E-state index contributed by atoms with van der Waals surface area (Å²) in [6.45, 7) is 0.0515. The predicted molar refractivity (Wildman–Crippen MR) is 105 cm³/mol. The van der Waals surface area contributed by atoms with Crippen molar-refractivity contribution >= 4 is 62.2 Å². The first-order valence-electron chi connectivity index (χ1n) is 7.25. The van der Waals surface area contributed by atoms with E-state index in [1.165, 1.54) is 12.1 Å². The van der Waals surface area contributed by atoms with Crippen LogP contribution in [0.4, 0.5) is 21.9 Å². The molecule has 0 radical (unpaired) electrons. The predicted octanol–water partition coefficient (Wildman–Crippen LogP) is 4.30. The van der Waals surface area contributed by atoms with Gasteiger partial charge in [0.15, 0.2) is 0 Å². The number of nitrogens with one attached hydrogen (secondary N) is 3. The molecular weight excluding hydrogens is 433 g/mol. The van der Waals surface area contributed by atoms with Gasteiger partial charge in [0.25, 0.3) is 0 Å². The van der Waals surface area contributed by atoms with Gasteiger partial charge in [0.05, 0.1) is 18.9 Å². The number of aliphatic hydroxyl groups excluding tert-OH is 2. The molecular formula is C16H16BrCl2N3O3. The summed E-state index contributed by atoms with van der Waals surface area (Å²) in [6, 6.07) is 7.75. The Balaban J connectivity index is 2.14. The van der Waals surface area contributed by atoms with Crippen LogP contribution in [0, 0.1) is 0 Å². The third-order valence-corrected chi connectivity index (χ3v) is 4.18. The standard InChI is InChI=1S/C16H16BrCl2N3O3/c17-9-3-11(20-1-2-23)7-12(4-9)21-16(25)22-15-6-10(18)5-14(19)13(15)8-24/h3-7,20,23-24H,1-2,8H2,(H2,21,22,25). The van der Waals surface area contributed by atoms with Crippen LogP contribution >= 0.6 is 39.1 Å². The van der Waals surface area contributed by atoms with Crippen LogP contribution < -0.4 is 16.0 Å². The third-order valence-electron chi connectivity index (χ3n) is 3.16. The summed E-state index contributed by atoms with van der Waals surface area (Å²) >= 11 is 15.3. The van der Waals surface area contributed by atoms with Crippen molar-refractivity contribution in [3.8, 4) is 0 Å². The van der Waals surface area contributed by atoms with Crippen LogP contribution in [0.3, 0.4) is 0 Å². The summed E-state index contributed by atoms with van der Waals surface area (Å²) in [6.07, 6.45) is 0. The third kappa shape index (κ3) is 5.76. The van der Waals surface area contributed by atoms with Gasteiger partial charge < -0.3 is 26.2 Å². The van der Waals surface area contributed by atoms with Gasteiger partial charge in [0, 0.05) is 38.0 Å². The largest absolute Gasteiger partial charge is 0.395 e. The van der Waals surface area contributed by atoms with E-state index in [0.29, 0.717) is 28.5 Å². The number of hydrogen-bond acceptors (Lipinski definition) is 4. The highest BCUT2D eigenvalue weighted by atomic mass is 79.9. The average molecular weight is 449 g/mol. The van der Waals surface area contributed by atoms with E-state index in [9.17, 15) is 9.90 Å². The number of urea groups is 1. The van der Waals surface area contributed by atoms with Crippen LogP contribution in [-0.2, 0) is 6.61 Å². The van der Waals surface area contributed by atoms with Crippen LogP contribution in [0.25, 0.3) is 0 Å². The van der Waals surface area contributed by atoms with Crippen LogP contribution in [0.15, 0.2) is 34.8 Å². The Morgan fingerprint density at radius 2 is 1.76 bits per heavy atom. The molecule has 5 N–H and O–H groups in total. The molecule has 0 bridgehead atoms. The summed E-state index contributed by atoms with van der Waals surface area (Å²) in [7, 11) is 0. The normalized spacial score (nSPS) is 10.4. The first-order chi connectivity index (χ1) is 11.9. The molecule has 0 aliphatic heterocycles. The SMILES string of the molecule is O=C(Nc1cc(Br)cc(NCCO)c1)Nc1cc(Cl)cc(Cl)c1CO. The molecule has 134 valence electrons. The van der Waals surface area contributed by atoms with Crippen LogP contribution in [0.2, 0.25) is 10.0 Å². The zero-order valence-electron chi connectivity index (χ0n) is 12.9. The van der Waals surface area contributed by atoms with Crippen molar-refractivity contribution in [3.63, 3.8) is 0 Å². The van der Waals surface area contributed by atoms with Crippen LogP contribution in [0.1, 0.15) is 5.56 Å². The first kappa shape index (κ1) is 19.8. The Morgan fingerprint density at radius 1 is 1.04 bits per heavy atom. The summed E-state index contributed by atoms with van der Waals surface area (Å²) in [5.41, 5.74) is 1.97. The molecule has 9 heteroatoms. The highest BCUT2D eigenvalue weighted by Crippen LogP contribution is 2.29. The van der Waals surface area contributed by atoms with E-state index >= 15 is 0 Å². The fourth-order valence-corrected chi connectivity index (χ4v) is 3.17. The molecule has 2 aromatic rings. The zero-order chi connectivity index (χ0) is 18.4. The zero-order valence-corrected chi connectivity index (χ0v) is 16.0. The number of halogens is 3. The van der Waals surface area contributed by atoms with Gasteiger partial charge in [0.2, 0.25) is 0 Å². The fraction of sp³-hybridized carbons (Fsp3) is 0.188. The lowest BCUT2D eigenvalue weighted by Crippen LogP contribution is -2.20. The molecule has 6 nitrogen and oxygen atoms in total. The van der Waals surface area contributed by atoms with Gasteiger partial charge in [0.1, 0.15) is 0 Å². The minimum Gasteiger partial charge on any atom is -0.395 e. The van der Waals surface area contributed by atoms with Crippen molar-refractivity contribution in [2.75, 3.05) is 29.1 Å². The van der Waals surface area contributed by atoms with E-state index in [2.05, 4.69) is 31.9 Å². The Bertz CT molecular complexity index is 775. The fourth-order valence-electron chi connectivity index (χ4n) is 2.12. The lowest BCUT2D eigenvalue weighted by atomic mass is 10.2. The highest BCUT2D eigenvalue weighted by Gasteiger charge is 2.12. The van der Waals surface area contributed by atoms with Crippen molar-refractivity contribution in [3.05, 3.63) is 50.4 Å². The molecule has 2 amide bonds. The quantitative estimate of drug-likeness (QED) is 0.455. The van der Waals surface area contributed by atoms with Gasteiger partial charge in [-0.05, 0) is 30.3 Å². The average Bonchev–Trinajstić information content (AvgIpc) is 2.51. The maximum atomic E-state index is 12.2. The molecule has 0 saturated carbocycles. The van der Waals surface area contributed by atoms with E-state index in [4.69, 9.17) is 28.3 Å². The van der Waals surface area contributed by atoms with Crippen molar-refractivity contribution in [1.82, 2.24) is 0 Å². The summed E-state index contributed by atoms with van der Waals surface area (Å²) in [4.78, 5) is 12.2. The maximum absolute atomic E-state index is 12.2. The second kappa shape index (κ2) is 9.26. The van der Waals surface area contributed by atoms with E-state index in [1.807, 2.05) is 6.07 Å². The van der Waals surface area contributed by atoms with E-state index < -0.39 is 6.03 Å². The van der Waals surface area contributed by atoms with E-state index in [1.54, 1.807) is 12.1 Å². The number of aliphatic hydroxyl groups is 2. The molecule has 0 saturated heterocycles. The molecule has 0 aliphatic rings. The molecule has 0 aliphatic carbocycles. The molecule has 0 aromatic heterocycles. The van der Waals surface area contributed by atoms with Gasteiger partial charge in [-0.1, -0.05) is 39.1 Å². The molecule has 0 atom stereocenters. The van der Waals surface area contributed by atoms with E-state index in [-0.39, 0.29) is 18.2 Å². The molecule has 25 heavy (non-hydrogen) atoms. The molecule has 0 spiro atoms. The number of rotatable bonds is 6. The highest BCUT2D eigenvalue weighted by molar-refractivity contribution is 9.10. The van der Waals surface area contributed by atoms with Crippen molar-refractivity contribution in [2.24, 2.45) is 0 Å². The Morgan fingerprint density at radius 3 is 2.44 bits per heavy atom. The number of hydrogen-bond donors (Lipinski definition) is 5. The summed E-state index contributed by atoms with van der Waals surface area (Å²) < 4.78 is 0.757. The van der Waals surface area contributed by atoms with Gasteiger partial charge in [-0.25, -0.2) is 4.79 Å². The molecule has 0 fully saturated rings. The summed E-state index contributed by atoms with van der Waals surface area (Å²) in [5, 5.41) is 27.2. The van der Waals surface area contributed by atoms with Crippen molar-refractivity contribution in [1.29, 1.82) is 0 Å². The van der Waals surface area contributed by atoms with Crippen LogP contribution in [-0.4, -0.2) is 29.4 Å². The molecule has 0 heterocycles. The number of amides is 2. The number of carbonyl (C=O) groups excluding carboxylic acids is 1. The monoisotopic (exact) mass is 447 g/mol. The van der Waals surface area contributed by atoms with Gasteiger partial charge >= 0.3 is 6.03 Å². The minimum atomic E-state index is -0.515. The minimum absolute atomic E-state index is 0.00474. The lowest BCUT2D eigenvalue weighted by molar-refractivity contribution is 0.262. The number of anilines is 3. The second-order valence-electron chi connectivity index (χ2n) is 5.03. The summed E-state index contributed by atoms with van der Waals surface area (Å²) in [5.74, 6) is 0. The molecule has 2 rings (SSSR count). The van der Waals surface area contributed by atoms with Crippen molar-refractivity contribution < 1.29 is 15.0 Å². The Hall–Kier alpha value is -1.51. The lowest BCUT2D eigenvalue weighted by Gasteiger charge is -2.14.